The second-order valence-corrected chi connectivity index (χ2v) is 4.07. The van der Waals surface area contributed by atoms with Gasteiger partial charge in [0, 0.05) is 19.3 Å². The summed E-state index contributed by atoms with van der Waals surface area (Å²) in [6, 6.07) is 4.74. The van der Waals surface area contributed by atoms with Crippen molar-refractivity contribution in [3.8, 4) is 0 Å². The lowest BCUT2D eigenvalue weighted by molar-refractivity contribution is 0.0182. The Morgan fingerprint density at radius 1 is 1.39 bits per heavy atom. The van der Waals surface area contributed by atoms with Gasteiger partial charge in [-0.25, -0.2) is 4.39 Å². The van der Waals surface area contributed by atoms with Gasteiger partial charge in [0.15, 0.2) is 0 Å². The molecular weight excluding hydrogens is 237 g/mol. The summed E-state index contributed by atoms with van der Waals surface area (Å²) in [5.41, 5.74) is 1.36. The Morgan fingerprint density at radius 2 is 2.17 bits per heavy atom. The minimum Gasteiger partial charge on any atom is -0.389 e. The standard InChI is InChI=1S/C13H20FNO3/c1-10-7-11(3-4-13(10)14)15-8-12(16)9-18-6-5-17-2/h3-4,7,12,15-16H,5-6,8-9H2,1-2H3. The van der Waals surface area contributed by atoms with E-state index in [-0.39, 0.29) is 12.4 Å². The molecule has 0 aromatic heterocycles. The first-order chi connectivity index (χ1) is 8.63. The van der Waals surface area contributed by atoms with Gasteiger partial charge in [0.05, 0.1) is 25.9 Å². The second kappa shape index (κ2) is 8.02. The van der Waals surface area contributed by atoms with Crippen molar-refractivity contribution in [3.63, 3.8) is 0 Å². The van der Waals surface area contributed by atoms with E-state index in [9.17, 15) is 9.50 Å². The van der Waals surface area contributed by atoms with Crippen molar-refractivity contribution >= 4 is 5.69 Å². The molecule has 1 aromatic carbocycles. The van der Waals surface area contributed by atoms with E-state index in [4.69, 9.17) is 9.47 Å². The van der Waals surface area contributed by atoms with Gasteiger partial charge in [0.25, 0.3) is 0 Å². The largest absolute Gasteiger partial charge is 0.389 e. The minimum absolute atomic E-state index is 0.232. The fraction of sp³-hybridized carbons (Fsp3) is 0.538. The highest BCUT2D eigenvalue weighted by Crippen LogP contribution is 2.13. The van der Waals surface area contributed by atoms with Crippen LogP contribution >= 0.6 is 0 Å². The molecule has 0 radical (unpaired) electrons. The van der Waals surface area contributed by atoms with Crippen LogP contribution < -0.4 is 5.32 Å². The van der Waals surface area contributed by atoms with Gasteiger partial charge in [0.2, 0.25) is 0 Å². The molecule has 0 aliphatic rings. The SMILES string of the molecule is COCCOCC(O)CNc1ccc(F)c(C)c1. The van der Waals surface area contributed by atoms with E-state index in [1.54, 1.807) is 26.2 Å². The number of hydrogen-bond acceptors (Lipinski definition) is 4. The topological polar surface area (TPSA) is 50.7 Å². The molecule has 0 bridgehead atoms. The molecule has 1 atom stereocenters. The van der Waals surface area contributed by atoms with E-state index in [0.29, 0.717) is 25.3 Å². The van der Waals surface area contributed by atoms with Crippen molar-refractivity contribution in [1.82, 2.24) is 0 Å². The monoisotopic (exact) mass is 257 g/mol. The molecule has 2 N–H and O–H groups in total. The highest BCUT2D eigenvalue weighted by Gasteiger charge is 2.05. The lowest BCUT2D eigenvalue weighted by Gasteiger charge is -2.13. The van der Waals surface area contributed by atoms with Gasteiger partial charge in [-0.3, -0.25) is 0 Å². The van der Waals surface area contributed by atoms with Gasteiger partial charge in [-0.15, -0.1) is 0 Å². The number of benzene rings is 1. The normalized spacial score (nSPS) is 12.4. The van der Waals surface area contributed by atoms with Gasteiger partial charge in [-0.1, -0.05) is 0 Å². The molecule has 1 aromatic rings. The van der Waals surface area contributed by atoms with Crippen LogP contribution in [-0.4, -0.2) is 44.7 Å². The van der Waals surface area contributed by atoms with Crippen LogP contribution in [0.25, 0.3) is 0 Å². The Hall–Kier alpha value is -1.17. The summed E-state index contributed by atoms with van der Waals surface area (Å²) in [6.45, 7) is 3.28. The fourth-order valence-electron chi connectivity index (χ4n) is 1.41. The lowest BCUT2D eigenvalue weighted by atomic mass is 10.2. The van der Waals surface area contributed by atoms with Gasteiger partial charge in [0.1, 0.15) is 5.82 Å². The number of hydrogen-bond donors (Lipinski definition) is 2. The molecule has 0 amide bonds. The predicted octanol–water partition coefficient (Wildman–Crippen LogP) is 1.57. The number of halogens is 1. The van der Waals surface area contributed by atoms with Crippen LogP contribution in [0.4, 0.5) is 10.1 Å². The van der Waals surface area contributed by atoms with Crippen molar-refractivity contribution in [1.29, 1.82) is 0 Å². The van der Waals surface area contributed by atoms with Crippen molar-refractivity contribution < 1.29 is 19.0 Å². The van der Waals surface area contributed by atoms with Crippen LogP contribution in [0.15, 0.2) is 18.2 Å². The third-order valence-electron chi connectivity index (χ3n) is 2.44. The van der Waals surface area contributed by atoms with E-state index in [1.165, 1.54) is 6.07 Å². The summed E-state index contributed by atoms with van der Waals surface area (Å²) in [7, 11) is 1.60. The van der Waals surface area contributed by atoms with E-state index in [2.05, 4.69) is 5.32 Å². The summed E-state index contributed by atoms with van der Waals surface area (Å²) in [5.74, 6) is -0.232. The smallest absolute Gasteiger partial charge is 0.126 e. The van der Waals surface area contributed by atoms with E-state index in [0.717, 1.165) is 5.69 Å². The molecule has 4 nitrogen and oxygen atoms in total. The molecule has 102 valence electrons. The summed E-state index contributed by atoms with van der Waals surface area (Å²) in [4.78, 5) is 0. The second-order valence-electron chi connectivity index (χ2n) is 4.07. The van der Waals surface area contributed by atoms with Crippen LogP contribution in [0.2, 0.25) is 0 Å². The van der Waals surface area contributed by atoms with Crippen molar-refractivity contribution in [2.75, 3.05) is 38.8 Å². The highest BCUT2D eigenvalue weighted by atomic mass is 19.1. The molecule has 18 heavy (non-hydrogen) atoms. The summed E-state index contributed by atoms with van der Waals surface area (Å²) in [5, 5.41) is 12.7. The number of rotatable bonds is 8. The molecule has 5 heteroatoms. The van der Waals surface area contributed by atoms with Crippen LogP contribution in [0.3, 0.4) is 0 Å². The molecule has 0 heterocycles. The van der Waals surface area contributed by atoms with Crippen molar-refractivity contribution in [2.24, 2.45) is 0 Å². The first kappa shape index (κ1) is 14.9. The lowest BCUT2D eigenvalue weighted by Crippen LogP contribution is -2.25. The molecule has 0 aliphatic heterocycles. The zero-order valence-corrected chi connectivity index (χ0v) is 10.8. The first-order valence-electron chi connectivity index (χ1n) is 5.88. The number of anilines is 1. The van der Waals surface area contributed by atoms with Crippen molar-refractivity contribution in [3.05, 3.63) is 29.6 Å². The maximum Gasteiger partial charge on any atom is 0.126 e. The maximum absolute atomic E-state index is 13.0. The number of methoxy groups -OCH3 is 1. The van der Waals surface area contributed by atoms with Gasteiger partial charge in [-0.2, -0.15) is 0 Å². The van der Waals surface area contributed by atoms with Crippen molar-refractivity contribution in [2.45, 2.75) is 13.0 Å². The Bertz CT molecular complexity index is 360. The summed E-state index contributed by atoms with van der Waals surface area (Å²) in [6.07, 6.45) is -0.604. The predicted molar refractivity (Wildman–Crippen MR) is 68.3 cm³/mol. The average molecular weight is 257 g/mol. The molecule has 0 saturated heterocycles. The number of aliphatic hydroxyl groups excluding tert-OH is 1. The van der Waals surface area contributed by atoms with E-state index >= 15 is 0 Å². The maximum atomic E-state index is 13.0. The summed E-state index contributed by atoms with van der Waals surface area (Å²) < 4.78 is 23.0. The molecule has 0 fully saturated rings. The third kappa shape index (κ3) is 5.44. The Morgan fingerprint density at radius 3 is 2.83 bits per heavy atom. The Kier molecular flexibility index (Phi) is 6.64. The fourth-order valence-corrected chi connectivity index (χ4v) is 1.41. The van der Waals surface area contributed by atoms with E-state index < -0.39 is 6.10 Å². The number of aliphatic hydroxyl groups is 1. The first-order valence-corrected chi connectivity index (χ1v) is 5.88. The zero-order valence-electron chi connectivity index (χ0n) is 10.8. The minimum atomic E-state index is -0.604. The van der Waals surface area contributed by atoms with Crippen LogP contribution in [0.1, 0.15) is 5.56 Å². The zero-order chi connectivity index (χ0) is 13.4. The van der Waals surface area contributed by atoms with Crippen LogP contribution in [0.5, 0.6) is 0 Å². The number of ether oxygens (including phenoxy) is 2. The molecule has 0 aliphatic carbocycles. The van der Waals surface area contributed by atoms with E-state index in [1.807, 2.05) is 0 Å². The third-order valence-corrected chi connectivity index (χ3v) is 2.44. The van der Waals surface area contributed by atoms with Gasteiger partial charge >= 0.3 is 0 Å². The number of aryl methyl sites for hydroxylation is 1. The van der Waals surface area contributed by atoms with Gasteiger partial charge in [-0.05, 0) is 30.7 Å². The molecular formula is C13H20FNO3. The van der Waals surface area contributed by atoms with Crippen LogP contribution in [-0.2, 0) is 9.47 Å². The van der Waals surface area contributed by atoms with Crippen LogP contribution in [0, 0.1) is 12.7 Å². The molecule has 0 saturated carbocycles. The molecule has 1 unspecified atom stereocenters. The Balaban J connectivity index is 2.24. The number of nitrogens with one attached hydrogen (secondary N) is 1. The average Bonchev–Trinajstić information content (AvgIpc) is 2.36. The quantitative estimate of drug-likeness (QED) is 0.694. The van der Waals surface area contributed by atoms with Gasteiger partial charge < -0.3 is 19.9 Å². The molecule has 0 spiro atoms. The summed E-state index contributed by atoms with van der Waals surface area (Å²) >= 11 is 0. The Labute approximate surface area is 107 Å². The highest BCUT2D eigenvalue weighted by molar-refractivity contribution is 5.45. The molecule has 1 rings (SSSR count).